The van der Waals surface area contributed by atoms with E-state index in [9.17, 15) is 8.78 Å². The zero-order valence-electron chi connectivity index (χ0n) is 22.3. The molecule has 5 aliphatic heterocycles. The number of nitrogen functional groups attached to an aromatic ring is 1. The lowest BCUT2D eigenvalue weighted by Crippen LogP contribution is -2.60. The maximum absolute atomic E-state index is 16.4. The van der Waals surface area contributed by atoms with Crippen molar-refractivity contribution in [3.63, 3.8) is 0 Å². The van der Waals surface area contributed by atoms with Gasteiger partial charge < -0.3 is 25.4 Å². The van der Waals surface area contributed by atoms with E-state index >= 15 is 8.78 Å². The number of fused-ring (bicyclic) bond motifs is 6. The van der Waals surface area contributed by atoms with Crippen molar-refractivity contribution in [1.29, 1.82) is 0 Å². The summed E-state index contributed by atoms with van der Waals surface area (Å²) >= 11 is 0. The Morgan fingerprint density at radius 2 is 2.00 bits per heavy atom. The van der Waals surface area contributed by atoms with Crippen LogP contribution in [-0.2, 0) is 0 Å². The van der Waals surface area contributed by atoms with Gasteiger partial charge in [0.05, 0.1) is 17.0 Å². The van der Waals surface area contributed by atoms with Gasteiger partial charge in [-0.15, -0.1) is 0 Å². The normalized spacial score (nSPS) is 30.3. The summed E-state index contributed by atoms with van der Waals surface area (Å²) in [7, 11) is 0. The molecule has 5 aliphatic rings. The highest BCUT2D eigenvalue weighted by Crippen LogP contribution is 2.46. The van der Waals surface area contributed by atoms with Crippen molar-refractivity contribution in [3.8, 4) is 22.9 Å². The second-order valence-corrected chi connectivity index (χ2v) is 12.1. The maximum Gasteiger partial charge on any atom is 0.319 e. The Morgan fingerprint density at radius 3 is 2.88 bits per heavy atom. The standard InChI is InChI=1S/C29H30F4N6O2/c30-14-9-29(6-1-7-38(29)10-14)13-41-28-36-26-22-21(8-17(24(26)33)16-3-4-18(31)25(34)23(16)32)40-12-20-19-5-2-15(35-19)11-39(20)27(22)37-28/h3-4,8,14-15,19-20,35H,1-2,5-7,9-13,34H2. The molecular formula is C29H30F4N6O2. The Balaban J connectivity index is 1.28. The molecule has 2 bridgehead atoms. The molecule has 3 N–H and O–H groups in total. The number of aromatic nitrogens is 2. The van der Waals surface area contributed by atoms with Gasteiger partial charge in [0.25, 0.3) is 0 Å². The molecule has 5 atom stereocenters. The molecule has 216 valence electrons. The van der Waals surface area contributed by atoms with Gasteiger partial charge in [0.1, 0.15) is 48.0 Å². The van der Waals surface area contributed by atoms with E-state index in [0.717, 1.165) is 44.4 Å². The van der Waals surface area contributed by atoms with E-state index in [2.05, 4.69) is 20.1 Å². The van der Waals surface area contributed by atoms with E-state index in [1.54, 1.807) is 0 Å². The van der Waals surface area contributed by atoms with Crippen LogP contribution in [0.1, 0.15) is 32.1 Å². The van der Waals surface area contributed by atoms with Crippen molar-refractivity contribution < 1.29 is 27.0 Å². The molecule has 3 aromatic rings. The molecule has 0 amide bonds. The fraction of sp³-hybridized carbons (Fsp3) is 0.517. The molecule has 2 aromatic carbocycles. The molecular weight excluding hydrogens is 540 g/mol. The summed E-state index contributed by atoms with van der Waals surface area (Å²) in [5.41, 5.74) is 4.05. The zero-order chi connectivity index (χ0) is 28.0. The van der Waals surface area contributed by atoms with Crippen LogP contribution in [0.4, 0.5) is 29.1 Å². The lowest BCUT2D eigenvalue weighted by atomic mass is 9.95. The van der Waals surface area contributed by atoms with E-state index in [1.807, 2.05) is 0 Å². The molecule has 4 fully saturated rings. The average molecular weight is 571 g/mol. The maximum atomic E-state index is 16.4. The first-order chi connectivity index (χ1) is 19.8. The number of alkyl halides is 1. The predicted octanol–water partition coefficient (Wildman–Crippen LogP) is 3.95. The van der Waals surface area contributed by atoms with E-state index in [4.69, 9.17) is 20.2 Å². The number of hydrogen-bond donors (Lipinski definition) is 2. The van der Waals surface area contributed by atoms with Crippen molar-refractivity contribution in [1.82, 2.24) is 20.2 Å². The van der Waals surface area contributed by atoms with Crippen molar-refractivity contribution in [3.05, 3.63) is 35.7 Å². The smallest absolute Gasteiger partial charge is 0.319 e. The van der Waals surface area contributed by atoms with Crippen LogP contribution < -0.4 is 25.4 Å². The highest BCUT2D eigenvalue weighted by atomic mass is 19.1. The van der Waals surface area contributed by atoms with Crippen molar-refractivity contribution in [2.45, 2.75) is 61.9 Å². The highest BCUT2D eigenvalue weighted by Gasteiger charge is 2.50. The first-order valence-electron chi connectivity index (χ1n) is 14.3. The van der Waals surface area contributed by atoms with Crippen LogP contribution in [0, 0.1) is 17.5 Å². The third-order valence-corrected chi connectivity index (χ3v) is 9.72. The average Bonchev–Trinajstić information content (AvgIpc) is 3.59. The van der Waals surface area contributed by atoms with Gasteiger partial charge in [0, 0.05) is 42.7 Å². The third-order valence-electron chi connectivity index (χ3n) is 9.72. The van der Waals surface area contributed by atoms with Gasteiger partial charge in [-0.1, -0.05) is 0 Å². The van der Waals surface area contributed by atoms with Crippen LogP contribution in [0.2, 0.25) is 0 Å². The number of piperazine rings is 1. The van der Waals surface area contributed by atoms with Gasteiger partial charge in [-0.3, -0.25) is 4.90 Å². The summed E-state index contributed by atoms with van der Waals surface area (Å²) in [6.45, 7) is 2.33. The minimum atomic E-state index is -1.06. The second-order valence-electron chi connectivity index (χ2n) is 12.1. The summed E-state index contributed by atoms with van der Waals surface area (Å²) in [5.74, 6) is -1.99. The van der Waals surface area contributed by atoms with Crippen LogP contribution in [0.25, 0.3) is 22.0 Å². The first kappa shape index (κ1) is 25.3. The van der Waals surface area contributed by atoms with Gasteiger partial charge in [0.15, 0.2) is 11.6 Å². The number of benzene rings is 2. The van der Waals surface area contributed by atoms with Crippen molar-refractivity contribution >= 4 is 22.4 Å². The molecule has 5 unspecified atom stereocenters. The summed E-state index contributed by atoms with van der Waals surface area (Å²) in [4.78, 5) is 13.6. The molecule has 8 rings (SSSR count). The van der Waals surface area contributed by atoms with Gasteiger partial charge >= 0.3 is 6.01 Å². The number of nitrogens with two attached hydrogens (primary N) is 1. The number of nitrogens with zero attached hydrogens (tertiary/aromatic N) is 4. The molecule has 0 saturated carbocycles. The molecule has 4 saturated heterocycles. The quantitative estimate of drug-likeness (QED) is 0.360. The number of ether oxygens (including phenoxy) is 2. The molecule has 0 spiro atoms. The minimum absolute atomic E-state index is 0.0244. The molecule has 0 radical (unpaired) electrons. The molecule has 41 heavy (non-hydrogen) atoms. The fourth-order valence-corrected chi connectivity index (χ4v) is 7.73. The molecule has 0 aliphatic carbocycles. The van der Waals surface area contributed by atoms with Gasteiger partial charge in [-0.25, -0.2) is 17.6 Å². The van der Waals surface area contributed by atoms with Crippen LogP contribution in [0.15, 0.2) is 18.2 Å². The lowest BCUT2D eigenvalue weighted by molar-refractivity contribution is 0.107. The van der Waals surface area contributed by atoms with Crippen LogP contribution >= 0.6 is 0 Å². The first-order valence-corrected chi connectivity index (χ1v) is 14.3. The molecule has 12 heteroatoms. The van der Waals surface area contributed by atoms with E-state index < -0.39 is 34.8 Å². The van der Waals surface area contributed by atoms with Gasteiger partial charge in [0.2, 0.25) is 0 Å². The second kappa shape index (κ2) is 9.06. The summed E-state index contributed by atoms with van der Waals surface area (Å²) in [5, 5.41) is 4.02. The molecule has 1 aromatic heterocycles. The Morgan fingerprint density at radius 1 is 1.12 bits per heavy atom. The zero-order valence-corrected chi connectivity index (χ0v) is 22.3. The number of nitrogens with one attached hydrogen (secondary N) is 1. The third kappa shape index (κ3) is 3.79. The summed E-state index contributed by atoms with van der Waals surface area (Å²) in [6, 6.07) is 3.92. The SMILES string of the molecule is Nc1c(F)ccc(-c2cc3c4c(nc(OCC56CCCN5CC(F)C6)nc4c2F)N2CC4CCC(N4)C2CO3)c1F. The largest absolute Gasteiger partial charge is 0.491 e. The minimum Gasteiger partial charge on any atom is -0.491 e. The van der Waals surface area contributed by atoms with E-state index in [-0.39, 0.29) is 47.4 Å². The number of anilines is 2. The van der Waals surface area contributed by atoms with Crippen molar-refractivity contribution in [2.24, 2.45) is 0 Å². The number of rotatable bonds is 4. The highest BCUT2D eigenvalue weighted by molar-refractivity contribution is 5.99. The number of halogens is 4. The van der Waals surface area contributed by atoms with Crippen LogP contribution in [0.3, 0.4) is 0 Å². The Hall–Kier alpha value is -3.38. The van der Waals surface area contributed by atoms with Crippen LogP contribution in [-0.4, -0.2) is 77.6 Å². The fourth-order valence-electron chi connectivity index (χ4n) is 7.73. The Bertz CT molecular complexity index is 1570. The summed E-state index contributed by atoms with van der Waals surface area (Å²) in [6.07, 6.45) is 3.21. The van der Waals surface area contributed by atoms with Gasteiger partial charge in [-0.05, 0) is 50.4 Å². The molecule has 6 heterocycles. The Labute approximate surface area is 233 Å². The predicted molar refractivity (Wildman–Crippen MR) is 144 cm³/mol. The monoisotopic (exact) mass is 570 g/mol. The van der Waals surface area contributed by atoms with Crippen molar-refractivity contribution in [2.75, 3.05) is 43.5 Å². The van der Waals surface area contributed by atoms with Gasteiger partial charge in [-0.2, -0.15) is 9.97 Å². The lowest BCUT2D eigenvalue weighted by Gasteiger charge is -2.40. The Kier molecular flexibility index (Phi) is 5.60. The summed E-state index contributed by atoms with van der Waals surface area (Å²) < 4.78 is 72.3. The van der Waals surface area contributed by atoms with Crippen LogP contribution in [0.5, 0.6) is 11.8 Å². The molecule has 8 nitrogen and oxygen atoms in total. The van der Waals surface area contributed by atoms with E-state index in [0.29, 0.717) is 43.1 Å². The topological polar surface area (TPSA) is 88.8 Å². The number of hydrogen-bond acceptors (Lipinski definition) is 8. The van der Waals surface area contributed by atoms with E-state index in [1.165, 1.54) is 6.07 Å².